The number of amides is 17. The number of carboxylic acid groups (broad SMARTS) is 1. The number of H-pyrrole nitrogens is 1. The lowest BCUT2D eigenvalue weighted by Gasteiger charge is -2.41. The fourth-order valence-corrected chi connectivity index (χ4v) is 20.7. The lowest BCUT2D eigenvalue weighted by atomic mass is 9.91. The summed E-state index contributed by atoms with van der Waals surface area (Å²) in [5, 5.41) is 33.9. The van der Waals surface area contributed by atoms with Crippen LogP contribution >= 0.6 is 0 Å². The number of likely N-dealkylation sites (tertiary alicyclic amines) is 6. The molecule has 18 unspecified atom stereocenters. The number of aliphatic hydroxyl groups excluding tert-OH is 1. The number of imidazole rings is 1. The molecule has 1 aromatic carbocycles. The molecular weight excluding hydrogens is 1750 g/mol. The summed E-state index contributed by atoms with van der Waals surface area (Å²) in [5.41, 5.74) is 0.962. The van der Waals surface area contributed by atoms with Gasteiger partial charge in [-0.05, 0) is 183 Å². The van der Waals surface area contributed by atoms with E-state index in [9.17, 15) is 72.5 Å². The van der Waals surface area contributed by atoms with Crippen molar-refractivity contribution >= 4 is 117 Å². The van der Waals surface area contributed by atoms with Crippen molar-refractivity contribution in [1.82, 2.24) is 94.9 Å². The maximum absolute atomic E-state index is 15.9. The second kappa shape index (κ2) is 47.0. The topological polar surface area (TPSA) is 467 Å². The molecule has 0 saturated carbocycles. The molecule has 136 heavy (non-hydrogen) atoms. The zero-order chi connectivity index (χ0) is 101. The number of hydrogen-bond acceptors (Lipinski definition) is 20. The van der Waals surface area contributed by atoms with E-state index in [1.54, 1.807) is 59.7 Å². The third-order valence-corrected chi connectivity index (χ3v) is 28.5. The van der Waals surface area contributed by atoms with Crippen molar-refractivity contribution in [3.63, 3.8) is 0 Å². The van der Waals surface area contributed by atoms with E-state index in [2.05, 4.69) is 26.3 Å². The highest BCUT2D eigenvalue weighted by Crippen LogP contribution is 2.36. The largest absolute Gasteiger partial charge is 0.480 e. The van der Waals surface area contributed by atoms with Crippen molar-refractivity contribution in [1.29, 1.82) is 0 Å². The Hall–Kier alpha value is -10.9. The summed E-state index contributed by atoms with van der Waals surface area (Å²) in [6, 6.07) is -14.2. The van der Waals surface area contributed by atoms with Gasteiger partial charge in [0.05, 0.1) is 23.7 Å². The number of aliphatic carboxylic acids is 1. The Morgan fingerprint density at radius 1 is 0.412 bits per heavy atom. The molecule has 1 aromatic heterocycles. The van der Waals surface area contributed by atoms with E-state index in [1.165, 1.54) is 117 Å². The third-order valence-electron chi connectivity index (χ3n) is 28.5. The van der Waals surface area contributed by atoms with Gasteiger partial charge in [-0.15, -0.1) is 0 Å². The monoisotopic (exact) mass is 1900 g/mol. The van der Waals surface area contributed by atoms with Crippen molar-refractivity contribution in [2.75, 3.05) is 95.1 Å². The molecule has 0 spiro atoms. The molecule has 7 aliphatic rings. The lowest BCUT2D eigenvalue weighted by molar-refractivity contribution is -0.157. The van der Waals surface area contributed by atoms with Gasteiger partial charge in [-0.25, -0.2) is 9.78 Å². The van der Waals surface area contributed by atoms with Crippen LogP contribution in [0.2, 0.25) is 0 Å². The normalized spacial score (nSPS) is 28.0. The van der Waals surface area contributed by atoms with Crippen LogP contribution in [-0.2, 0) is 87.9 Å². The molecule has 18 atom stereocenters. The van der Waals surface area contributed by atoms with E-state index in [4.69, 9.17) is 4.98 Å². The first-order valence-corrected chi connectivity index (χ1v) is 49.2. The van der Waals surface area contributed by atoms with Crippen LogP contribution < -0.4 is 21.3 Å². The Bertz CT molecular complexity index is 4730. The summed E-state index contributed by atoms with van der Waals surface area (Å²) in [6.45, 7) is 28.4. The van der Waals surface area contributed by atoms with Gasteiger partial charge in [-0.1, -0.05) is 96.9 Å². The molecule has 7 N–H and O–H groups in total. The molecule has 0 radical (unpaired) electrons. The lowest BCUT2D eigenvalue weighted by Crippen LogP contribution is -2.63. The second-order valence-electron chi connectivity index (χ2n) is 41.4. The Morgan fingerprint density at radius 2 is 0.794 bits per heavy atom. The predicted molar refractivity (Wildman–Crippen MR) is 504 cm³/mol. The standard InChI is InChI=1S/C97H153N19O20/c1-24-62-87(125)104(17)51-76(117)105(18)71(45-52(2)3)83(121)103-77(56(10)11)95(133)106(19)72(46-53(4)5)82(120)98-59(15)81(119)99-60(16)85(123)107(20)73(47-54(6)7)88(126)108(21)74(48-55(8)9)89(127)109(22)78(57(12)13)96(134)110(23)79(84(122)102-62)80(118)58(14)49-75-100-63-38-37-61(50-64(63)101-75)86(124)111-39-25-31-65(111)90(128)112-40-26-32-66(112)91(129)113-41-27-33-67(113)92(130)114-42-28-34-68(114)93(131)115-43-29-35-69(115)94(132)116-44-30-36-70(116)97(135)136/h37-38,50,52-60,62,65-74,77-80,118H,24-36,39-49,51H2,1-23H3,(H,98,120)(H,99,119)(H,100,101)(H,102,122)(H,103,121)(H,135,136). The molecular formula is C97H153N19O20. The Labute approximate surface area is 800 Å². The number of rotatable bonds is 22. The smallest absolute Gasteiger partial charge is 0.326 e. The maximum Gasteiger partial charge on any atom is 0.326 e. The molecule has 8 heterocycles. The van der Waals surface area contributed by atoms with Crippen molar-refractivity contribution in [3.05, 3.63) is 29.6 Å². The Balaban J connectivity index is 0.973. The van der Waals surface area contributed by atoms with Crippen molar-refractivity contribution in [3.8, 4) is 0 Å². The summed E-state index contributed by atoms with van der Waals surface area (Å²) in [7, 11) is 9.65. The highest BCUT2D eigenvalue weighted by molar-refractivity contribution is 6.04. The molecule has 2 aromatic rings. The van der Waals surface area contributed by atoms with Crippen LogP contribution in [0.5, 0.6) is 0 Å². The van der Waals surface area contributed by atoms with Crippen LogP contribution in [0.3, 0.4) is 0 Å². The first-order chi connectivity index (χ1) is 63.9. The first kappa shape index (κ1) is 109. The number of likely N-dealkylation sites (N-methyl/N-ethyl adjacent to an activating group) is 7. The number of benzene rings is 1. The van der Waals surface area contributed by atoms with Gasteiger partial charge in [0.25, 0.3) is 5.91 Å². The van der Waals surface area contributed by atoms with Gasteiger partial charge < -0.3 is 100 Å². The number of hydrogen-bond donors (Lipinski definition) is 7. The minimum absolute atomic E-state index is 0.0572. The molecule has 39 nitrogen and oxygen atoms in total. The molecule has 7 aliphatic heterocycles. The van der Waals surface area contributed by atoms with E-state index >= 15 is 24.0 Å². The van der Waals surface area contributed by atoms with Gasteiger partial charge in [0.15, 0.2) is 0 Å². The fraction of sp³-hybridized carbons (Fsp3) is 0.742. The van der Waals surface area contributed by atoms with Gasteiger partial charge in [0, 0.05) is 101 Å². The van der Waals surface area contributed by atoms with Gasteiger partial charge in [-0.2, -0.15) is 0 Å². The average molecular weight is 1910 g/mol. The number of fused-ring (bicyclic) bond motifs is 1. The predicted octanol–water partition coefficient (Wildman–Crippen LogP) is 3.07. The quantitative estimate of drug-likeness (QED) is 0.0890. The van der Waals surface area contributed by atoms with Gasteiger partial charge in [-0.3, -0.25) is 81.5 Å². The van der Waals surface area contributed by atoms with E-state index in [0.717, 1.165) is 9.80 Å². The van der Waals surface area contributed by atoms with Gasteiger partial charge >= 0.3 is 5.97 Å². The molecule has 39 heteroatoms. The summed E-state index contributed by atoms with van der Waals surface area (Å²) in [5.74, 6) is -14.7. The van der Waals surface area contributed by atoms with Gasteiger partial charge in [0.1, 0.15) is 102 Å². The van der Waals surface area contributed by atoms with E-state index in [1.807, 2.05) is 55.4 Å². The SMILES string of the molecule is CCC1NC(=O)C(C(O)C(C)Cc2nc3ccc(C(=O)N4CCCC4C(=O)N4CCCC4C(=O)N4CCCC4C(=O)N4CCCC4C(=O)N4CCCC4C(=O)N4CCCC4C(=O)O)cc3[nH]2)N(C)C(=O)C(C(C)C)N(C)C(=O)C(CC(C)C)N(C)C(=O)C(CC(C)C)N(C)C(=O)C(C)NC(=O)C(C)NC(=O)C(CC(C)C)N(C)C(=O)C(C(C)C)NC(=O)C(CC(C)C)N(C)C(=O)CN(C)C1=O. The summed E-state index contributed by atoms with van der Waals surface area (Å²) in [4.78, 5) is 290. The highest BCUT2D eigenvalue weighted by Gasteiger charge is 2.53. The number of aromatic amines is 1. The second-order valence-corrected chi connectivity index (χ2v) is 41.4. The molecule has 756 valence electrons. The zero-order valence-corrected chi connectivity index (χ0v) is 84.3. The van der Waals surface area contributed by atoms with Crippen LogP contribution in [0.1, 0.15) is 236 Å². The fourth-order valence-electron chi connectivity index (χ4n) is 20.7. The molecule has 9 rings (SSSR count). The molecule has 7 saturated heterocycles. The molecule has 0 bridgehead atoms. The maximum atomic E-state index is 15.9. The third kappa shape index (κ3) is 24.8. The number of aromatic nitrogens is 2. The molecule has 17 amide bonds. The Morgan fingerprint density at radius 3 is 1.23 bits per heavy atom. The number of nitrogens with zero attached hydrogens (tertiary/aromatic N) is 14. The minimum Gasteiger partial charge on any atom is -0.480 e. The van der Waals surface area contributed by atoms with Crippen LogP contribution in [-0.4, -0.2) is 388 Å². The van der Waals surface area contributed by atoms with Crippen molar-refractivity contribution in [2.24, 2.45) is 41.4 Å². The summed E-state index contributed by atoms with van der Waals surface area (Å²) >= 11 is 0. The zero-order valence-electron chi connectivity index (χ0n) is 84.3. The van der Waals surface area contributed by atoms with Gasteiger partial charge in [0.2, 0.25) is 94.5 Å². The molecule has 7 fully saturated rings. The average Bonchev–Trinajstić information content (AvgIpc) is 1.60. The number of carbonyl (C=O) groups is 18. The molecule has 0 aliphatic carbocycles. The minimum atomic E-state index is -1.86. The summed E-state index contributed by atoms with van der Waals surface area (Å²) < 4.78 is 0. The number of aliphatic hydroxyl groups is 1. The van der Waals surface area contributed by atoms with Crippen LogP contribution in [0.15, 0.2) is 18.2 Å². The number of nitrogens with one attached hydrogen (secondary N) is 5. The van der Waals surface area contributed by atoms with E-state index < -0.39 is 222 Å². The summed E-state index contributed by atoms with van der Waals surface area (Å²) in [6.07, 6.45) is 3.37. The van der Waals surface area contributed by atoms with Crippen LogP contribution in [0.25, 0.3) is 11.0 Å². The van der Waals surface area contributed by atoms with Crippen molar-refractivity contribution in [2.45, 2.75) is 329 Å². The van der Waals surface area contributed by atoms with Crippen LogP contribution in [0.4, 0.5) is 0 Å². The number of carboxylic acids is 1. The Kier molecular flexibility index (Phi) is 37.6. The first-order valence-electron chi connectivity index (χ1n) is 49.2. The van der Waals surface area contributed by atoms with Crippen LogP contribution in [0, 0.1) is 41.4 Å². The van der Waals surface area contributed by atoms with E-state index in [0.29, 0.717) is 88.1 Å². The number of carbonyl (C=O) groups excluding carboxylic acids is 17. The highest BCUT2D eigenvalue weighted by atomic mass is 16.4. The van der Waals surface area contributed by atoms with E-state index in [-0.39, 0.29) is 125 Å². The van der Waals surface area contributed by atoms with Crippen molar-refractivity contribution < 1.29 is 96.5 Å².